The summed E-state index contributed by atoms with van der Waals surface area (Å²) < 4.78 is 5.40. The Hall–Kier alpha value is -2.73. The predicted molar refractivity (Wildman–Crippen MR) is 90.1 cm³/mol. The van der Waals surface area contributed by atoms with Crippen LogP contribution in [0.15, 0.2) is 36.4 Å². The summed E-state index contributed by atoms with van der Waals surface area (Å²) in [7, 11) is 0. The fourth-order valence-corrected chi connectivity index (χ4v) is 2.20. The molecule has 0 bridgehead atoms. The Labute approximate surface area is 144 Å². The summed E-state index contributed by atoms with van der Waals surface area (Å²) in [4.78, 5) is 23.6. The first kappa shape index (κ1) is 17.6. The van der Waals surface area contributed by atoms with Crippen molar-refractivity contribution in [3.63, 3.8) is 0 Å². The minimum atomic E-state index is -0.685. The average molecular weight is 349 g/mol. The van der Waals surface area contributed by atoms with Crippen LogP contribution >= 0.6 is 11.6 Å². The zero-order valence-corrected chi connectivity index (χ0v) is 14.0. The lowest BCUT2D eigenvalue weighted by atomic mass is 10.1. The van der Waals surface area contributed by atoms with Gasteiger partial charge in [0.1, 0.15) is 11.5 Å². The second-order valence-corrected chi connectivity index (χ2v) is 5.66. The van der Waals surface area contributed by atoms with E-state index < -0.39 is 11.8 Å². The zero-order valence-electron chi connectivity index (χ0n) is 13.2. The molecule has 0 atom stereocenters. The maximum absolute atomic E-state index is 11.9. The fraction of sp³-hybridized carbons (Fsp3) is 0.176. The second-order valence-electron chi connectivity index (χ2n) is 5.22. The van der Waals surface area contributed by atoms with Crippen molar-refractivity contribution < 1.29 is 19.4 Å². The van der Waals surface area contributed by atoms with Crippen LogP contribution in [0.25, 0.3) is 0 Å². The Morgan fingerprint density at radius 3 is 2.58 bits per heavy atom. The Bertz CT molecular complexity index is 777. The topological polar surface area (TPSA) is 87.7 Å². The molecule has 0 fully saturated rings. The number of hydrogen-bond donors (Lipinski definition) is 3. The van der Waals surface area contributed by atoms with E-state index in [-0.39, 0.29) is 17.9 Å². The first-order valence-electron chi connectivity index (χ1n) is 7.14. The van der Waals surface area contributed by atoms with Gasteiger partial charge in [-0.05, 0) is 43.7 Å². The third-order valence-electron chi connectivity index (χ3n) is 3.21. The Kier molecular flexibility index (Phi) is 5.65. The number of nitrogens with one attached hydrogen (secondary N) is 2. The van der Waals surface area contributed by atoms with Gasteiger partial charge < -0.3 is 9.84 Å². The van der Waals surface area contributed by atoms with Gasteiger partial charge in [-0.3, -0.25) is 20.4 Å². The highest BCUT2D eigenvalue weighted by atomic mass is 35.5. The van der Waals surface area contributed by atoms with Crippen molar-refractivity contribution in [3.05, 3.63) is 58.1 Å². The van der Waals surface area contributed by atoms with Gasteiger partial charge in [0.25, 0.3) is 11.8 Å². The first-order chi connectivity index (χ1) is 11.4. The number of halogens is 1. The average Bonchev–Trinajstić information content (AvgIpc) is 2.54. The lowest BCUT2D eigenvalue weighted by Crippen LogP contribution is -2.43. The lowest BCUT2D eigenvalue weighted by molar-refractivity contribution is -0.123. The van der Waals surface area contributed by atoms with Crippen LogP contribution < -0.4 is 15.6 Å². The molecule has 0 spiro atoms. The van der Waals surface area contributed by atoms with Crippen molar-refractivity contribution >= 4 is 23.4 Å². The number of aromatic hydroxyl groups is 1. The van der Waals surface area contributed by atoms with E-state index >= 15 is 0 Å². The molecule has 3 N–H and O–H groups in total. The van der Waals surface area contributed by atoms with E-state index in [4.69, 9.17) is 16.3 Å². The molecule has 0 unspecified atom stereocenters. The van der Waals surface area contributed by atoms with E-state index in [9.17, 15) is 14.7 Å². The Balaban J connectivity index is 1.86. The lowest BCUT2D eigenvalue weighted by Gasteiger charge is -2.11. The minimum absolute atomic E-state index is 0.0434. The molecule has 2 rings (SSSR count). The van der Waals surface area contributed by atoms with Gasteiger partial charge >= 0.3 is 0 Å². The van der Waals surface area contributed by atoms with E-state index in [2.05, 4.69) is 10.9 Å². The summed E-state index contributed by atoms with van der Waals surface area (Å²) in [5.41, 5.74) is 6.37. The molecule has 0 aromatic heterocycles. The first-order valence-corrected chi connectivity index (χ1v) is 7.52. The molecular formula is C17H17ClN2O4. The van der Waals surface area contributed by atoms with E-state index in [1.54, 1.807) is 6.07 Å². The maximum atomic E-state index is 11.9. The summed E-state index contributed by atoms with van der Waals surface area (Å²) >= 11 is 5.77. The molecule has 0 aliphatic rings. The molecular weight excluding hydrogens is 332 g/mol. The van der Waals surface area contributed by atoms with Crippen molar-refractivity contribution in [2.24, 2.45) is 0 Å². The normalized spacial score (nSPS) is 10.1. The number of phenols is 1. The fourth-order valence-electron chi connectivity index (χ4n) is 2.02. The van der Waals surface area contributed by atoms with Crippen LogP contribution in [0.5, 0.6) is 11.5 Å². The summed E-state index contributed by atoms with van der Waals surface area (Å²) in [6.45, 7) is 3.58. The minimum Gasteiger partial charge on any atom is -0.507 e. The summed E-state index contributed by atoms with van der Waals surface area (Å²) in [6.07, 6.45) is 0. The SMILES string of the molecule is Cc1ccc(OCC(=O)NNC(=O)c2cc(Cl)ccc2O)c(C)c1. The molecule has 7 heteroatoms. The van der Waals surface area contributed by atoms with E-state index in [0.29, 0.717) is 10.8 Å². The molecule has 0 aliphatic heterocycles. The van der Waals surface area contributed by atoms with Crippen molar-refractivity contribution in [2.75, 3.05) is 6.61 Å². The van der Waals surface area contributed by atoms with Crippen molar-refractivity contribution in [2.45, 2.75) is 13.8 Å². The van der Waals surface area contributed by atoms with Crippen LogP contribution in [-0.4, -0.2) is 23.5 Å². The van der Waals surface area contributed by atoms with Gasteiger partial charge in [-0.15, -0.1) is 0 Å². The quantitative estimate of drug-likeness (QED) is 0.741. The highest BCUT2D eigenvalue weighted by Crippen LogP contribution is 2.21. The van der Waals surface area contributed by atoms with Gasteiger partial charge in [-0.2, -0.15) is 0 Å². The predicted octanol–water partition coefficient (Wildman–Crippen LogP) is 2.50. The van der Waals surface area contributed by atoms with Crippen molar-refractivity contribution in [1.29, 1.82) is 0 Å². The number of hydrogen-bond acceptors (Lipinski definition) is 4. The number of rotatable bonds is 4. The van der Waals surface area contributed by atoms with Crippen LogP contribution in [0.4, 0.5) is 0 Å². The molecule has 2 aromatic carbocycles. The third kappa shape index (κ3) is 4.63. The Morgan fingerprint density at radius 1 is 1.12 bits per heavy atom. The zero-order chi connectivity index (χ0) is 17.7. The molecule has 6 nitrogen and oxygen atoms in total. The highest BCUT2D eigenvalue weighted by Gasteiger charge is 2.13. The van der Waals surface area contributed by atoms with Crippen LogP contribution in [0, 0.1) is 13.8 Å². The van der Waals surface area contributed by atoms with Gasteiger partial charge in [-0.1, -0.05) is 29.3 Å². The number of amides is 2. The molecule has 126 valence electrons. The number of carbonyl (C=O) groups excluding carboxylic acids is 2. The number of carbonyl (C=O) groups is 2. The molecule has 0 saturated carbocycles. The van der Waals surface area contributed by atoms with Gasteiger partial charge in [0.05, 0.1) is 5.56 Å². The Morgan fingerprint density at radius 2 is 1.88 bits per heavy atom. The summed E-state index contributed by atoms with van der Waals surface area (Å²) in [5, 5.41) is 9.91. The van der Waals surface area contributed by atoms with Crippen LogP contribution in [0.1, 0.15) is 21.5 Å². The van der Waals surface area contributed by atoms with E-state index in [0.717, 1.165) is 11.1 Å². The number of aryl methyl sites for hydroxylation is 2. The molecule has 0 radical (unpaired) electrons. The summed E-state index contributed by atoms with van der Waals surface area (Å²) in [6, 6.07) is 9.64. The summed E-state index contributed by atoms with van der Waals surface area (Å²) in [5.74, 6) is -0.869. The van der Waals surface area contributed by atoms with Crippen LogP contribution in [-0.2, 0) is 4.79 Å². The number of benzene rings is 2. The van der Waals surface area contributed by atoms with Gasteiger partial charge in [-0.25, -0.2) is 0 Å². The standard InChI is InChI=1S/C17H17ClN2O4/c1-10-3-6-15(11(2)7-10)24-9-16(22)19-20-17(23)13-8-12(18)4-5-14(13)21/h3-8,21H,9H2,1-2H3,(H,19,22)(H,20,23). The third-order valence-corrected chi connectivity index (χ3v) is 3.44. The number of ether oxygens (including phenoxy) is 1. The largest absolute Gasteiger partial charge is 0.507 e. The molecule has 0 aliphatic carbocycles. The van der Waals surface area contributed by atoms with E-state index in [1.165, 1.54) is 18.2 Å². The number of hydrazine groups is 1. The number of phenolic OH excluding ortho intramolecular Hbond substituents is 1. The maximum Gasteiger partial charge on any atom is 0.276 e. The highest BCUT2D eigenvalue weighted by molar-refractivity contribution is 6.31. The van der Waals surface area contributed by atoms with Crippen LogP contribution in [0.3, 0.4) is 0 Å². The van der Waals surface area contributed by atoms with Crippen molar-refractivity contribution in [1.82, 2.24) is 10.9 Å². The van der Waals surface area contributed by atoms with Crippen LogP contribution in [0.2, 0.25) is 5.02 Å². The molecule has 0 heterocycles. The molecule has 24 heavy (non-hydrogen) atoms. The molecule has 2 aromatic rings. The van der Waals surface area contributed by atoms with Crippen molar-refractivity contribution in [3.8, 4) is 11.5 Å². The van der Waals surface area contributed by atoms with E-state index in [1.807, 2.05) is 26.0 Å². The second kappa shape index (κ2) is 7.70. The monoisotopic (exact) mass is 348 g/mol. The van der Waals surface area contributed by atoms with Gasteiger partial charge in [0.15, 0.2) is 6.61 Å². The molecule has 0 saturated heterocycles. The smallest absolute Gasteiger partial charge is 0.276 e. The van der Waals surface area contributed by atoms with Gasteiger partial charge in [0.2, 0.25) is 0 Å². The van der Waals surface area contributed by atoms with Gasteiger partial charge in [0, 0.05) is 5.02 Å². The molecule has 2 amide bonds.